The number of furan rings is 1. The predicted octanol–water partition coefficient (Wildman–Crippen LogP) is 17.5. The van der Waals surface area contributed by atoms with Gasteiger partial charge in [-0.3, -0.25) is 0 Å². The van der Waals surface area contributed by atoms with Gasteiger partial charge in [0.1, 0.15) is 11.2 Å². The topological polar surface area (TPSA) is 21.3 Å². The Morgan fingerprint density at radius 1 is 0.323 bits per heavy atom. The molecule has 0 saturated heterocycles. The van der Waals surface area contributed by atoms with Crippen LogP contribution >= 0.6 is 0 Å². The lowest BCUT2D eigenvalue weighted by atomic mass is 9.98. The van der Waals surface area contributed by atoms with Crippen molar-refractivity contribution in [2.45, 2.75) is 0 Å². The lowest BCUT2D eigenvalue weighted by molar-refractivity contribution is 0.673. The smallest absolute Gasteiger partial charge is 0.143 e. The van der Waals surface area contributed by atoms with Gasteiger partial charge in [0.05, 0.1) is 16.7 Å². The van der Waals surface area contributed by atoms with Gasteiger partial charge in [0.25, 0.3) is 0 Å². The molecule has 0 N–H and O–H groups in total. The van der Waals surface area contributed by atoms with E-state index in [4.69, 9.17) is 4.42 Å². The molecule has 11 aromatic carbocycles. The van der Waals surface area contributed by atoms with Crippen LogP contribution in [0.2, 0.25) is 0 Å². The summed E-state index contributed by atoms with van der Waals surface area (Å²) in [5.41, 5.74) is 15.4. The largest absolute Gasteiger partial charge is 0.455 e. The summed E-state index contributed by atoms with van der Waals surface area (Å²) in [6.07, 6.45) is 0. The molecule has 0 saturated carbocycles. The Morgan fingerprint density at radius 2 is 0.877 bits per heavy atom. The standard InChI is InChI=1S/C62H40N2O/c1-2-14-45-38-47(25-24-41(45)12-1)43-28-34-50(35-29-43)63(58-21-8-5-17-52(58)48-31-36-56-57-37-30-44-13-3-4-18-53(44)62(57)65-61(56)40-48)49-32-26-42(27-33-49)46-15-11-16-51(39-46)64-59-22-9-6-19-54(59)55-20-7-10-23-60(55)64/h1-40H. The molecule has 65 heavy (non-hydrogen) atoms. The second-order valence-corrected chi connectivity index (χ2v) is 16.9. The van der Waals surface area contributed by atoms with Gasteiger partial charge in [-0.25, -0.2) is 0 Å². The summed E-state index contributed by atoms with van der Waals surface area (Å²) in [6.45, 7) is 0. The molecule has 0 atom stereocenters. The minimum Gasteiger partial charge on any atom is -0.455 e. The summed E-state index contributed by atoms with van der Waals surface area (Å²) in [5.74, 6) is 0. The van der Waals surface area contributed by atoms with Crippen LogP contribution < -0.4 is 4.90 Å². The summed E-state index contributed by atoms with van der Waals surface area (Å²) in [5, 5.41) is 9.55. The Bertz CT molecular complexity index is 3900. The second-order valence-electron chi connectivity index (χ2n) is 16.9. The molecule has 3 nitrogen and oxygen atoms in total. The van der Waals surface area contributed by atoms with Crippen LogP contribution in [0.25, 0.3) is 104 Å². The fourth-order valence-electron chi connectivity index (χ4n) is 10.0. The molecule has 304 valence electrons. The molecule has 0 unspecified atom stereocenters. The van der Waals surface area contributed by atoms with E-state index in [9.17, 15) is 0 Å². The molecule has 0 spiro atoms. The summed E-state index contributed by atoms with van der Waals surface area (Å²) in [4.78, 5) is 2.38. The van der Waals surface area contributed by atoms with E-state index in [1.807, 2.05) is 0 Å². The van der Waals surface area contributed by atoms with Crippen molar-refractivity contribution in [3.63, 3.8) is 0 Å². The minimum atomic E-state index is 0.877. The molecular weight excluding hydrogens is 789 g/mol. The number of aromatic nitrogens is 1. The molecule has 13 rings (SSSR count). The number of hydrogen-bond donors (Lipinski definition) is 0. The van der Waals surface area contributed by atoms with Gasteiger partial charge >= 0.3 is 0 Å². The highest BCUT2D eigenvalue weighted by Crippen LogP contribution is 2.44. The lowest BCUT2D eigenvalue weighted by Crippen LogP contribution is -2.11. The third-order valence-electron chi connectivity index (χ3n) is 13.2. The second kappa shape index (κ2) is 15.0. The zero-order valence-corrected chi connectivity index (χ0v) is 35.4. The zero-order valence-electron chi connectivity index (χ0n) is 35.4. The van der Waals surface area contributed by atoms with E-state index in [2.05, 4.69) is 252 Å². The Balaban J connectivity index is 0.922. The van der Waals surface area contributed by atoms with Gasteiger partial charge in [-0.15, -0.1) is 0 Å². The molecular formula is C62H40N2O. The fraction of sp³-hybridized carbons (Fsp3) is 0. The van der Waals surface area contributed by atoms with E-state index >= 15 is 0 Å². The van der Waals surface area contributed by atoms with Gasteiger partial charge in [-0.1, -0.05) is 164 Å². The highest BCUT2D eigenvalue weighted by Gasteiger charge is 2.20. The molecule has 0 aliphatic rings. The first kappa shape index (κ1) is 36.9. The van der Waals surface area contributed by atoms with E-state index in [1.165, 1.54) is 49.1 Å². The summed E-state index contributed by atoms with van der Waals surface area (Å²) >= 11 is 0. The molecule has 2 heterocycles. The van der Waals surface area contributed by atoms with Crippen LogP contribution in [0.5, 0.6) is 0 Å². The molecule has 0 amide bonds. The number of rotatable bonds is 7. The van der Waals surface area contributed by atoms with E-state index in [0.29, 0.717) is 0 Å². The maximum Gasteiger partial charge on any atom is 0.143 e. The van der Waals surface area contributed by atoms with Crippen molar-refractivity contribution in [3.8, 4) is 39.1 Å². The van der Waals surface area contributed by atoms with Crippen LogP contribution in [0.1, 0.15) is 0 Å². The van der Waals surface area contributed by atoms with E-state index in [-0.39, 0.29) is 0 Å². The van der Waals surface area contributed by atoms with Crippen molar-refractivity contribution >= 4 is 82.4 Å². The third kappa shape index (κ3) is 6.20. The average molecular weight is 829 g/mol. The van der Waals surface area contributed by atoms with Crippen LogP contribution in [-0.4, -0.2) is 4.57 Å². The number of para-hydroxylation sites is 3. The van der Waals surface area contributed by atoms with Crippen molar-refractivity contribution in [1.29, 1.82) is 0 Å². The highest BCUT2D eigenvalue weighted by atomic mass is 16.3. The van der Waals surface area contributed by atoms with Crippen molar-refractivity contribution in [2.24, 2.45) is 0 Å². The zero-order chi connectivity index (χ0) is 42.8. The number of nitrogens with zero attached hydrogens (tertiary/aromatic N) is 2. The maximum atomic E-state index is 6.69. The van der Waals surface area contributed by atoms with E-state index < -0.39 is 0 Å². The Kier molecular flexibility index (Phi) is 8.53. The van der Waals surface area contributed by atoms with Crippen molar-refractivity contribution in [2.75, 3.05) is 4.90 Å². The van der Waals surface area contributed by atoms with E-state index in [0.717, 1.165) is 72.3 Å². The Hall–Kier alpha value is -8.66. The highest BCUT2D eigenvalue weighted by molar-refractivity contribution is 6.15. The van der Waals surface area contributed by atoms with E-state index in [1.54, 1.807) is 0 Å². The predicted molar refractivity (Wildman–Crippen MR) is 274 cm³/mol. The van der Waals surface area contributed by atoms with Crippen molar-refractivity contribution in [1.82, 2.24) is 4.57 Å². The number of fused-ring (bicyclic) bond motifs is 9. The molecule has 0 radical (unpaired) electrons. The molecule has 0 bridgehead atoms. The first-order chi connectivity index (χ1) is 32.2. The van der Waals surface area contributed by atoms with Gasteiger partial charge in [0.15, 0.2) is 0 Å². The number of anilines is 3. The SMILES string of the molecule is c1cc(-c2ccc(N(c3ccc(-c4ccc5ccccc5c4)cc3)c3ccccc3-c3ccc4c(c3)oc3c5ccccc5ccc43)cc2)cc(-n2c3ccccc3c3ccccc32)c1. The monoisotopic (exact) mass is 828 g/mol. The van der Waals surface area contributed by atoms with Gasteiger partial charge in [0, 0.05) is 49.6 Å². The number of hydrogen-bond acceptors (Lipinski definition) is 2. The first-order valence-corrected chi connectivity index (χ1v) is 22.2. The summed E-state index contributed by atoms with van der Waals surface area (Å²) in [7, 11) is 0. The van der Waals surface area contributed by atoms with Gasteiger partial charge in [-0.2, -0.15) is 0 Å². The average Bonchev–Trinajstić information content (AvgIpc) is 3.93. The molecule has 0 aliphatic heterocycles. The van der Waals surface area contributed by atoms with Crippen LogP contribution in [0.3, 0.4) is 0 Å². The summed E-state index contributed by atoms with van der Waals surface area (Å²) < 4.78 is 9.08. The van der Waals surface area contributed by atoms with Crippen LogP contribution in [0, 0.1) is 0 Å². The Morgan fingerprint density at radius 3 is 1.62 bits per heavy atom. The van der Waals surface area contributed by atoms with Crippen molar-refractivity contribution < 1.29 is 4.42 Å². The maximum absolute atomic E-state index is 6.69. The molecule has 0 fully saturated rings. The number of benzene rings is 11. The third-order valence-corrected chi connectivity index (χ3v) is 13.2. The fourth-order valence-corrected chi connectivity index (χ4v) is 10.0. The minimum absolute atomic E-state index is 0.877. The summed E-state index contributed by atoms with van der Waals surface area (Å²) in [6, 6.07) is 87.7. The van der Waals surface area contributed by atoms with Crippen LogP contribution in [0.4, 0.5) is 17.1 Å². The van der Waals surface area contributed by atoms with Crippen LogP contribution in [-0.2, 0) is 0 Å². The quantitative estimate of drug-likeness (QED) is 0.160. The lowest BCUT2D eigenvalue weighted by Gasteiger charge is -2.28. The molecule has 0 aliphatic carbocycles. The Labute approximate surface area is 376 Å². The van der Waals surface area contributed by atoms with Gasteiger partial charge in [0.2, 0.25) is 0 Å². The van der Waals surface area contributed by atoms with Crippen molar-refractivity contribution in [3.05, 3.63) is 243 Å². The molecule has 3 heteroatoms. The van der Waals surface area contributed by atoms with Crippen LogP contribution in [0.15, 0.2) is 247 Å². The molecule has 2 aromatic heterocycles. The first-order valence-electron chi connectivity index (χ1n) is 22.2. The van der Waals surface area contributed by atoms with Gasteiger partial charge < -0.3 is 13.9 Å². The molecule has 13 aromatic rings. The normalized spacial score (nSPS) is 11.7. The van der Waals surface area contributed by atoms with Gasteiger partial charge in [-0.05, 0) is 123 Å².